The van der Waals surface area contributed by atoms with Gasteiger partial charge in [-0.05, 0) is 5.56 Å². The third-order valence-electron chi connectivity index (χ3n) is 1.75. The van der Waals surface area contributed by atoms with Crippen LogP contribution in [0, 0.1) is 0 Å². The van der Waals surface area contributed by atoms with Crippen LogP contribution in [-0.4, -0.2) is 17.7 Å². The minimum absolute atomic E-state index is 0.466. The number of aliphatic hydroxyl groups is 1. The van der Waals surface area contributed by atoms with Gasteiger partial charge in [-0.15, -0.1) is 0 Å². The summed E-state index contributed by atoms with van der Waals surface area (Å²) in [6.07, 6.45) is 0. The second kappa shape index (κ2) is 4.57. The van der Waals surface area contributed by atoms with Crippen molar-refractivity contribution in [3.63, 3.8) is 0 Å². The summed E-state index contributed by atoms with van der Waals surface area (Å²) in [5, 5.41) is 8.81. The van der Waals surface area contributed by atoms with Crippen molar-refractivity contribution in [1.29, 1.82) is 0 Å². The number of aliphatic hydroxyl groups excluding tert-OH is 1. The highest BCUT2D eigenvalue weighted by atomic mass is 19.3. The summed E-state index contributed by atoms with van der Waals surface area (Å²) < 4.78 is 11.5. The molecule has 1 aromatic rings. The van der Waals surface area contributed by atoms with Gasteiger partial charge >= 0.3 is 5.97 Å². The maximum atomic E-state index is 11.5. The van der Waals surface area contributed by atoms with Gasteiger partial charge in [0, 0.05) is 4.53 Å². The fourth-order valence-corrected chi connectivity index (χ4v) is 1.06. The zero-order valence-corrected chi connectivity index (χ0v) is 6.81. The van der Waals surface area contributed by atoms with Crippen molar-refractivity contribution in [2.75, 3.05) is 6.61 Å². The average Bonchev–Trinajstić information content (AvgIpc) is 2.20. The Bertz CT molecular complexity index is 273. The Labute approximate surface area is 74.7 Å². The quantitative estimate of drug-likeness (QED) is 0.767. The molecular formula is C9H9FO3. The molecule has 0 saturated heterocycles. The summed E-state index contributed by atoms with van der Waals surface area (Å²) in [5.74, 6) is -2.01. The molecule has 0 spiro atoms. The van der Waals surface area contributed by atoms with Gasteiger partial charge in [-0.3, -0.25) is 4.94 Å². The molecule has 0 amide bonds. The van der Waals surface area contributed by atoms with Gasteiger partial charge < -0.3 is 5.11 Å². The fraction of sp³-hybridized carbons (Fsp3) is 0.222. The van der Waals surface area contributed by atoms with E-state index in [1.807, 2.05) is 0 Å². The van der Waals surface area contributed by atoms with Crippen molar-refractivity contribution in [3.05, 3.63) is 35.9 Å². The van der Waals surface area contributed by atoms with Crippen LogP contribution in [0.2, 0.25) is 0 Å². The predicted octanol–water partition coefficient (Wildman–Crippen LogP) is 1.19. The maximum absolute atomic E-state index is 11.5. The Balaban J connectivity index is 2.85. The normalized spacial score (nSPS) is 12.2. The molecule has 70 valence electrons. The highest BCUT2D eigenvalue weighted by molar-refractivity contribution is 5.77. The third-order valence-corrected chi connectivity index (χ3v) is 1.75. The summed E-state index contributed by atoms with van der Waals surface area (Å²) in [5.41, 5.74) is 0.535. The standard InChI is InChI=1S/C9H9FO3/c10-13-9(12)8(6-11)7-4-2-1-3-5-7/h1-5,8,11H,6H2. The van der Waals surface area contributed by atoms with E-state index in [-0.39, 0.29) is 0 Å². The lowest BCUT2D eigenvalue weighted by Gasteiger charge is -2.08. The highest BCUT2D eigenvalue weighted by Gasteiger charge is 2.21. The molecular weight excluding hydrogens is 175 g/mol. The molecule has 13 heavy (non-hydrogen) atoms. The summed E-state index contributed by atoms with van der Waals surface area (Å²) in [6.45, 7) is -0.466. The van der Waals surface area contributed by atoms with Gasteiger partial charge in [0.1, 0.15) is 5.92 Å². The van der Waals surface area contributed by atoms with E-state index in [1.165, 1.54) is 0 Å². The number of carbonyl (C=O) groups excluding carboxylic acids is 1. The van der Waals surface area contributed by atoms with E-state index in [2.05, 4.69) is 4.94 Å². The van der Waals surface area contributed by atoms with Crippen molar-refractivity contribution in [1.82, 2.24) is 0 Å². The smallest absolute Gasteiger partial charge is 0.358 e. The van der Waals surface area contributed by atoms with Crippen LogP contribution in [0.1, 0.15) is 11.5 Å². The van der Waals surface area contributed by atoms with Crippen LogP contribution >= 0.6 is 0 Å². The zero-order valence-electron chi connectivity index (χ0n) is 6.81. The van der Waals surface area contributed by atoms with Gasteiger partial charge in [-0.2, -0.15) is 0 Å². The molecule has 0 aliphatic rings. The fourth-order valence-electron chi connectivity index (χ4n) is 1.06. The Morgan fingerprint density at radius 1 is 1.46 bits per heavy atom. The van der Waals surface area contributed by atoms with Gasteiger partial charge in [-0.1, -0.05) is 30.3 Å². The van der Waals surface area contributed by atoms with Gasteiger partial charge in [0.15, 0.2) is 0 Å². The highest BCUT2D eigenvalue weighted by Crippen LogP contribution is 2.16. The lowest BCUT2D eigenvalue weighted by Crippen LogP contribution is -2.16. The summed E-state index contributed by atoms with van der Waals surface area (Å²) >= 11 is 0. The lowest BCUT2D eigenvalue weighted by molar-refractivity contribution is -0.186. The van der Waals surface area contributed by atoms with Crippen LogP contribution in [0.25, 0.3) is 0 Å². The number of hydrogen-bond donors (Lipinski definition) is 1. The third kappa shape index (κ3) is 2.26. The zero-order chi connectivity index (χ0) is 9.68. The first-order chi connectivity index (χ1) is 6.29. The first kappa shape index (κ1) is 9.67. The van der Waals surface area contributed by atoms with Crippen molar-refractivity contribution >= 4 is 5.97 Å². The summed E-state index contributed by atoms with van der Waals surface area (Å²) in [4.78, 5) is 13.8. The van der Waals surface area contributed by atoms with Gasteiger partial charge in [0.05, 0.1) is 6.61 Å². The van der Waals surface area contributed by atoms with Crippen molar-refractivity contribution in [2.45, 2.75) is 5.92 Å². The number of hydrogen-bond acceptors (Lipinski definition) is 3. The van der Waals surface area contributed by atoms with E-state index < -0.39 is 18.5 Å². The van der Waals surface area contributed by atoms with Crippen LogP contribution in [-0.2, 0) is 9.74 Å². The number of carbonyl (C=O) groups is 1. The minimum atomic E-state index is -1.08. The molecule has 0 bridgehead atoms. The van der Waals surface area contributed by atoms with Crippen molar-refractivity contribution in [2.24, 2.45) is 0 Å². The van der Waals surface area contributed by atoms with Gasteiger partial charge in [0.25, 0.3) is 0 Å². The molecule has 1 unspecified atom stereocenters. The predicted molar refractivity (Wildman–Crippen MR) is 43.5 cm³/mol. The van der Waals surface area contributed by atoms with Crippen molar-refractivity contribution < 1.29 is 19.4 Å². The van der Waals surface area contributed by atoms with E-state index in [0.717, 1.165) is 0 Å². The largest absolute Gasteiger partial charge is 0.395 e. The number of rotatable bonds is 3. The molecule has 0 saturated carbocycles. The molecule has 0 fully saturated rings. The summed E-state index contributed by atoms with van der Waals surface area (Å²) in [6, 6.07) is 8.40. The van der Waals surface area contributed by atoms with Gasteiger partial charge in [0.2, 0.25) is 0 Å². The molecule has 0 aliphatic heterocycles. The van der Waals surface area contributed by atoms with Crippen LogP contribution in [0.15, 0.2) is 30.3 Å². The Kier molecular flexibility index (Phi) is 3.40. The first-order valence-corrected chi connectivity index (χ1v) is 3.78. The molecule has 1 aromatic carbocycles. The Morgan fingerprint density at radius 2 is 2.08 bits per heavy atom. The van der Waals surface area contributed by atoms with Crippen LogP contribution < -0.4 is 0 Å². The molecule has 0 aliphatic carbocycles. The molecule has 4 heteroatoms. The number of benzene rings is 1. The molecule has 0 heterocycles. The molecule has 1 atom stereocenters. The van der Waals surface area contributed by atoms with E-state index >= 15 is 0 Å². The second-order valence-electron chi connectivity index (χ2n) is 2.54. The summed E-state index contributed by atoms with van der Waals surface area (Å²) in [7, 11) is 0. The lowest BCUT2D eigenvalue weighted by atomic mass is 10.0. The Hall–Kier alpha value is -1.42. The molecule has 1 N–H and O–H groups in total. The van der Waals surface area contributed by atoms with Gasteiger partial charge in [-0.25, -0.2) is 4.79 Å². The van der Waals surface area contributed by atoms with Crippen LogP contribution in [0.3, 0.4) is 0 Å². The van der Waals surface area contributed by atoms with E-state index in [4.69, 9.17) is 5.11 Å². The van der Waals surface area contributed by atoms with Crippen LogP contribution in [0.5, 0.6) is 0 Å². The Morgan fingerprint density at radius 3 is 2.54 bits per heavy atom. The van der Waals surface area contributed by atoms with E-state index in [1.54, 1.807) is 30.3 Å². The SMILES string of the molecule is O=C(OF)C(CO)c1ccccc1. The number of halogens is 1. The molecule has 0 radical (unpaired) electrons. The minimum Gasteiger partial charge on any atom is -0.395 e. The van der Waals surface area contributed by atoms with E-state index in [9.17, 15) is 9.32 Å². The van der Waals surface area contributed by atoms with E-state index in [0.29, 0.717) is 5.56 Å². The monoisotopic (exact) mass is 184 g/mol. The first-order valence-electron chi connectivity index (χ1n) is 3.78. The second-order valence-corrected chi connectivity index (χ2v) is 2.54. The molecule has 1 rings (SSSR count). The van der Waals surface area contributed by atoms with Crippen LogP contribution in [0.4, 0.5) is 4.53 Å². The maximum Gasteiger partial charge on any atom is 0.358 e. The van der Waals surface area contributed by atoms with Crippen molar-refractivity contribution in [3.8, 4) is 0 Å². The average molecular weight is 184 g/mol. The topological polar surface area (TPSA) is 46.5 Å². The molecule has 0 aromatic heterocycles. The molecule has 3 nitrogen and oxygen atoms in total.